The number of amides is 1. The molecule has 0 aromatic carbocycles. The summed E-state index contributed by atoms with van der Waals surface area (Å²) in [4.78, 5) is 23.8. The Balaban J connectivity index is 0.00000289. The Kier molecular flexibility index (Phi) is 8.37. The summed E-state index contributed by atoms with van der Waals surface area (Å²) in [7, 11) is 0. The molecule has 1 aliphatic heterocycles. The van der Waals surface area contributed by atoms with E-state index in [1.807, 2.05) is 0 Å². The number of carbonyl (C=O) groups is 2. The van der Waals surface area contributed by atoms with Crippen LogP contribution in [0, 0.1) is 5.92 Å². The fraction of sp³-hybridized carbons (Fsp3) is 0.846. The molecule has 5 nitrogen and oxygen atoms in total. The molecule has 0 spiro atoms. The van der Waals surface area contributed by atoms with E-state index in [1.165, 1.54) is 25.7 Å². The highest BCUT2D eigenvalue weighted by Gasteiger charge is 2.29. The smallest absolute Gasteiger partial charge is 0.223 e. The Morgan fingerprint density at radius 3 is 2.44 bits per heavy atom. The van der Waals surface area contributed by atoms with Gasteiger partial charge in [-0.3, -0.25) is 4.79 Å². The molecule has 1 heterocycles. The molecule has 0 aromatic heterocycles. The normalized spacial score (nSPS) is 18.8. The maximum Gasteiger partial charge on any atom is 0.223 e. The van der Waals surface area contributed by atoms with Crippen molar-refractivity contribution in [2.75, 3.05) is 13.1 Å². The zero-order valence-electron chi connectivity index (χ0n) is 11.6. The predicted molar refractivity (Wildman–Crippen MR) is 69.1 cm³/mol. The number of likely N-dealkylation sites (tertiary alicyclic amines) is 1. The molecule has 1 rings (SSSR count). The van der Waals surface area contributed by atoms with E-state index >= 15 is 0 Å². The first kappa shape index (κ1) is 16.9. The average molecular weight is 258 g/mol. The Hall–Kier alpha value is -1.10. The lowest BCUT2D eigenvalue weighted by Gasteiger charge is -2.16. The van der Waals surface area contributed by atoms with Crippen molar-refractivity contribution in [2.24, 2.45) is 5.92 Å². The summed E-state index contributed by atoms with van der Waals surface area (Å²) in [5.74, 6) is -1.72. The summed E-state index contributed by atoms with van der Waals surface area (Å²) in [6.45, 7) is 3.23. The lowest BCUT2D eigenvalue weighted by molar-refractivity contribution is -0.311. The van der Waals surface area contributed by atoms with Gasteiger partial charge in [0, 0.05) is 31.4 Å². The third kappa shape index (κ3) is 5.49. The molecule has 4 N–H and O–H groups in total. The van der Waals surface area contributed by atoms with Gasteiger partial charge >= 0.3 is 0 Å². The van der Waals surface area contributed by atoms with Crippen LogP contribution in [0.2, 0.25) is 0 Å². The maximum atomic E-state index is 11.5. The van der Waals surface area contributed by atoms with Gasteiger partial charge in [0.05, 0.1) is 0 Å². The first-order valence-corrected chi connectivity index (χ1v) is 6.63. The Morgan fingerprint density at radius 2 is 1.89 bits per heavy atom. The van der Waals surface area contributed by atoms with Crippen LogP contribution in [0.25, 0.3) is 0 Å². The first-order valence-electron chi connectivity index (χ1n) is 6.63. The lowest BCUT2D eigenvalue weighted by Crippen LogP contribution is -2.33. The van der Waals surface area contributed by atoms with Crippen molar-refractivity contribution in [3.63, 3.8) is 0 Å². The number of unbranched alkanes of at least 4 members (excludes halogenated alkanes) is 5. The highest BCUT2D eigenvalue weighted by Crippen LogP contribution is 2.18. The number of carboxylic acids is 1. The van der Waals surface area contributed by atoms with Gasteiger partial charge in [-0.1, -0.05) is 39.0 Å². The molecule has 0 radical (unpaired) electrons. The predicted octanol–water partition coefficient (Wildman–Crippen LogP) is 1.32. The number of quaternary nitrogens is 1. The summed E-state index contributed by atoms with van der Waals surface area (Å²) in [5.41, 5.74) is 0. The van der Waals surface area contributed by atoms with Crippen LogP contribution in [0.15, 0.2) is 0 Å². The van der Waals surface area contributed by atoms with E-state index in [4.69, 9.17) is 0 Å². The van der Waals surface area contributed by atoms with Crippen LogP contribution in [0.3, 0.4) is 0 Å². The highest BCUT2D eigenvalue weighted by molar-refractivity contribution is 5.85. The molecule has 5 heteroatoms. The van der Waals surface area contributed by atoms with Crippen LogP contribution in [0.4, 0.5) is 0 Å². The molecule has 1 saturated heterocycles. The van der Waals surface area contributed by atoms with Gasteiger partial charge in [0.2, 0.25) is 5.91 Å². The molecule has 0 saturated carbocycles. The SMILES string of the molecule is CCCCCCCCN1CC(C(=O)[O-])CC1=O.[NH4+]. The number of hydrogen-bond acceptors (Lipinski definition) is 3. The number of hydrogen-bond donors (Lipinski definition) is 1. The third-order valence-corrected chi connectivity index (χ3v) is 3.33. The van der Waals surface area contributed by atoms with Crippen LogP contribution in [-0.2, 0) is 9.59 Å². The van der Waals surface area contributed by atoms with Crippen molar-refractivity contribution in [3.8, 4) is 0 Å². The Morgan fingerprint density at radius 1 is 1.28 bits per heavy atom. The van der Waals surface area contributed by atoms with E-state index in [-0.39, 0.29) is 18.5 Å². The van der Waals surface area contributed by atoms with Gasteiger partial charge in [-0.25, -0.2) is 0 Å². The van der Waals surface area contributed by atoms with Crippen LogP contribution in [-0.4, -0.2) is 29.9 Å². The molecule has 1 fully saturated rings. The molecular weight excluding hydrogens is 232 g/mol. The lowest BCUT2D eigenvalue weighted by atomic mass is 10.1. The van der Waals surface area contributed by atoms with E-state index in [9.17, 15) is 14.7 Å². The number of carbonyl (C=O) groups excluding carboxylic acids is 2. The molecule has 1 amide bonds. The standard InChI is InChI=1S/C13H23NO3.H3N/c1-2-3-4-5-6-7-8-14-10-11(13(16)17)9-12(14)15;/h11H,2-10H2,1H3,(H,16,17);1H3. The molecule has 0 aliphatic carbocycles. The average Bonchev–Trinajstić information content (AvgIpc) is 2.65. The number of carboxylic acid groups (broad SMARTS) is 1. The largest absolute Gasteiger partial charge is 0.550 e. The molecule has 106 valence electrons. The van der Waals surface area contributed by atoms with Crippen LogP contribution < -0.4 is 11.3 Å². The third-order valence-electron chi connectivity index (χ3n) is 3.33. The molecule has 18 heavy (non-hydrogen) atoms. The molecule has 1 atom stereocenters. The second-order valence-electron chi connectivity index (χ2n) is 4.83. The van der Waals surface area contributed by atoms with Crippen molar-refractivity contribution in [2.45, 2.75) is 51.9 Å². The molecule has 0 bridgehead atoms. The van der Waals surface area contributed by atoms with E-state index < -0.39 is 11.9 Å². The number of rotatable bonds is 8. The van der Waals surface area contributed by atoms with E-state index in [2.05, 4.69) is 6.92 Å². The second-order valence-corrected chi connectivity index (χ2v) is 4.83. The minimum Gasteiger partial charge on any atom is -0.550 e. The topological polar surface area (TPSA) is 96.9 Å². The van der Waals surface area contributed by atoms with Gasteiger partial charge in [-0.2, -0.15) is 0 Å². The minimum atomic E-state index is -1.09. The van der Waals surface area contributed by atoms with Gasteiger partial charge in [0.25, 0.3) is 0 Å². The van der Waals surface area contributed by atoms with Crippen LogP contribution >= 0.6 is 0 Å². The van der Waals surface area contributed by atoms with E-state index in [0.717, 1.165) is 12.8 Å². The van der Waals surface area contributed by atoms with Gasteiger partial charge in [0.1, 0.15) is 0 Å². The van der Waals surface area contributed by atoms with Crippen LogP contribution in [0.5, 0.6) is 0 Å². The fourth-order valence-electron chi connectivity index (χ4n) is 2.23. The van der Waals surface area contributed by atoms with Crippen LogP contribution in [0.1, 0.15) is 51.9 Å². The maximum absolute atomic E-state index is 11.5. The molecule has 1 unspecified atom stereocenters. The van der Waals surface area contributed by atoms with Crippen molar-refractivity contribution in [1.29, 1.82) is 0 Å². The van der Waals surface area contributed by atoms with Crippen molar-refractivity contribution >= 4 is 11.9 Å². The first-order chi connectivity index (χ1) is 8.15. The number of nitrogens with zero attached hydrogens (tertiary/aromatic N) is 1. The summed E-state index contributed by atoms with van der Waals surface area (Å²) >= 11 is 0. The van der Waals surface area contributed by atoms with E-state index in [1.54, 1.807) is 4.90 Å². The zero-order valence-corrected chi connectivity index (χ0v) is 11.6. The Labute approximate surface area is 109 Å². The summed E-state index contributed by atoms with van der Waals surface area (Å²) < 4.78 is 0. The van der Waals surface area contributed by atoms with E-state index in [0.29, 0.717) is 13.1 Å². The zero-order chi connectivity index (χ0) is 12.7. The van der Waals surface area contributed by atoms with Crippen molar-refractivity contribution in [1.82, 2.24) is 11.1 Å². The van der Waals surface area contributed by atoms with Crippen molar-refractivity contribution in [3.05, 3.63) is 0 Å². The second kappa shape index (κ2) is 8.91. The minimum absolute atomic E-state index is 0. The quantitative estimate of drug-likeness (QED) is 0.665. The summed E-state index contributed by atoms with van der Waals surface area (Å²) in [6.07, 6.45) is 7.20. The summed E-state index contributed by atoms with van der Waals surface area (Å²) in [5, 5.41) is 10.7. The van der Waals surface area contributed by atoms with Gasteiger partial charge in [-0.05, 0) is 6.42 Å². The fourth-order valence-corrected chi connectivity index (χ4v) is 2.23. The molecule has 1 aliphatic rings. The van der Waals surface area contributed by atoms with Crippen molar-refractivity contribution < 1.29 is 14.7 Å². The van der Waals surface area contributed by atoms with Gasteiger partial charge in [0.15, 0.2) is 0 Å². The molecule has 0 aromatic rings. The monoisotopic (exact) mass is 258 g/mol. The number of aliphatic carboxylic acids is 1. The Bertz CT molecular complexity index is 269. The van der Waals surface area contributed by atoms with Gasteiger partial charge < -0.3 is 21.0 Å². The molecular formula is C13H26N2O3. The van der Waals surface area contributed by atoms with Gasteiger partial charge in [-0.15, -0.1) is 0 Å². The highest BCUT2D eigenvalue weighted by atomic mass is 16.4. The summed E-state index contributed by atoms with van der Waals surface area (Å²) in [6, 6.07) is 0.